The molecule has 7 nitrogen and oxygen atoms in total. The molecule has 0 radical (unpaired) electrons. The number of ether oxygens (including phenoxy) is 2. The lowest BCUT2D eigenvalue weighted by molar-refractivity contribution is -0.145. The van der Waals surface area contributed by atoms with Crippen molar-refractivity contribution >= 4 is 25.6 Å². The third kappa shape index (κ3) is 8.04. The highest BCUT2D eigenvalue weighted by Gasteiger charge is 2.44. The van der Waals surface area contributed by atoms with Crippen LogP contribution in [0.15, 0.2) is 78.9 Å². The number of hydrogen-bond donors (Lipinski definition) is 1. The molecule has 0 aliphatic carbocycles. The summed E-state index contributed by atoms with van der Waals surface area (Å²) < 4.78 is 11.1. The Morgan fingerprint density at radius 2 is 1.73 bits per heavy atom. The fourth-order valence-corrected chi connectivity index (χ4v) is 5.09. The quantitative estimate of drug-likeness (QED) is 0.230. The summed E-state index contributed by atoms with van der Waals surface area (Å²) in [4.78, 5) is 27.4. The number of anilines is 1. The minimum absolute atomic E-state index is 0.165. The lowest BCUT2D eigenvalue weighted by Crippen LogP contribution is -2.55. The van der Waals surface area contributed by atoms with Crippen molar-refractivity contribution in [3.05, 3.63) is 95.6 Å². The second-order valence-electron chi connectivity index (χ2n) is 11.3. The van der Waals surface area contributed by atoms with E-state index >= 15 is 0 Å². The van der Waals surface area contributed by atoms with E-state index in [1.54, 1.807) is 37.3 Å². The number of aryl methyl sites for hydroxylation is 1. The van der Waals surface area contributed by atoms with Crippen molar-refractivity contribution < 1.29 is 19.1 Å². The molecule has 0 bridgehead atoms. The Bertz CT molecular complexity index is 1350. The molecule has 0 heterocycles. The van der Waals surface area contributed by atoms with Crippen LogP contribution in [-0.2, 0) is 26.3 Å². The fourth-order valence-electron chi connectivity index (χ4n) is 4.38. The zero-order valence-corrected chi connectivity index (χ0v) is 25.0. The largest absolute Gasteiger partial charge is 0.482 e. The molecule has 3 aromatic carbocycles. The molecule has 0 aliphatic rings. The van der Waals surface area contributed by atoms with Crippen molar-refractivity contribution in [2.75, 3.05) is 18.1 Å². The smallest absolute Gasteiger partial charge is 0.344 e. The van der Waals surface area contributed by atoms with Crippen LogP contribution in [0.5, 0.6) is 5.75 Å². The number of benzene rings is 3. The van der Waals surface area contributed by atoms with Crippen molar-refractivity contribution in [3.8, 4) is 11.8 Å². The normalized spacial score (nSPS) is 13.4. The Kier molecular flexibility index (Phi) is 10.3. The molecule has 3 aromatic rings. The number of nitrogens with zero attached hydrogens (tertiary/aromatic N) is 2. The van der Waals surface area contributed by atoms with E-state index in [4.69, 9.17) is 15.2 Å². The number of carbonyl (C=O) groups is 2. The lowest BCUT2D eigenvalue weighted by atomic mass is 9.81. The third-order valence-corrected chi connectivity index (χ3v) is 8.22. The molecule has 0 aliphatic heterocycles. The van der Waals surface area contributed by atoms with E-state index in [0.29, 0.717) is 23.6 Å². The van der Waals surface area contributed by atoms with E-state index < -0.39 is 25.6 Å². The second kappa shape index (κ2) is 13.4. The molecule has 0 fully saturated rings. The monoisotopic (exact) mass is 557 g/mol. The van der Waals surface area contributed by atoms with Crippen LogP contribution in [0.4, 0.5) is 5.69 Å². The summed E-state index contributed by atoms with van der Waals surface area (Å²) in [7, 11) is -1.31. The second-order valence-corrected chi connectivity index (χ2v) is 16.9. The van der Waals surface area contributed by atoms with Gasteiger partial charge in [0.25, 0.3) is 0 Å². The molecule has 0 aromatic heterocycles. The average molecular weight is 558 g/mol. The van der Waals surface area contributed by atoms with Crippen LogP contribution in [0.25, 0.3) is 0 Å². The van der Waals surface area contributed by atoms with E-state index in [9.17, 15) is 14.9 Å². The third-order valence-electron chi connectivity index (χ3n) is 6.52. The summed E-state index contributed by atoms with van der Waals surface area (Å²) in [6, 6.07) is 26.5. The number of rotatable bonds is 12. The summed E-state index contributed by atoms with van der Waals surface area (Å²) in [5.74, 6) is -0.323. The molecular formula is C32H39N3O4Si. The van der Waals surface area contributed by atoms with Gasteiger partial charge in [0.15, 0.2) is 12.1 Å². The maximum absolute atomic E-state index is 13.7. The average Bonchev–Trinajstić information content (AvgIpc) is 2.91. The molecule has 1 amide bonds. The lowest BCUT2D eigenvalue weighted by Gasteiger charge is -2.40. The van der Waals surface area contributed by atoms with Crippen LogP contribution in [0.2, 0.25) is 25.7 Å². The van der Waals surface area contributed by atoms with Crippen LogP contribution < -0.4 is 15.4 Å². The van der Waals surface area contributed by atoms with E-state index in [-0.39, 0.29) is 18.9 Å². The van der Waals surface area contributed by atoms with Crippen LogP contribution in [0, 0.1) is 18.3 Å². The molecule has 210 valence electrons. The maximum Gasteiger partial charge on any atom is 0.344 e. The number of carbonyl (C=O) groups excluding carboxylic acids is 2. The van der Waals surface area contributed by atoms with Gasteiger partial charge in [-0.05, 0) is 55.3 Å². The van der Waals surface area contributed by atoms with Crippen molar-refractivity contribution in [2.45, 2.75) is 57.5 Å². The van der Waals surface area contributed by atoms with E-state index in [0.717, 1.165) is 17.2 Å². The van der Waals surface area contributed by atoms with Gasteiger partial charge in [-0.3, -0.25) is 9.69 Å². The Morgan fingerprint density at radius 3 is 2.35 bits per heavy atom. The van der Waals surface area contributed by atoms with Gasteiger partial charge in [-0.1, -0.05) is 79.8 Å². The Morgan fingerprint density at radius 1 is 1.02 bits per heavy atom. The standard InChI is InChI=1S/C32H39N3O4Si/c1-24-11-9-13-27(19-24)32(23-33,35(31(37)25(2)34)28-14-7-6-8-15-28)21-26-12-10-16-29(20-26)39-22-30(36)38-17-18-40(3,4)5/h6-16,19-20,25H,17-18,21-22,34H2,1-5H3/t25-,32+/m0/s1. The van der Waals surface area contributed by atoms with Gasteiger partial charge >= 0.3 is 5.97 Å². The van der Waals surface area contributed by atoms with Gasteiger partial charge in [-0.15, -0.1) is 0 Å². The number of nitriles is 1. The van der Waals surface area contributed by atoms with Gasteiger partial charge in [0.2, 0.25) is 5.91 Å². The van der Waals surface area contributed by atoms with E-state index in [2.05, 4.69) is 25.7 Å². The number of esters is 1. The van der Waals surface area contributed by atoms with Crippen molar-refractivity contribution in [2.24, 2.45) is 5.73 Å². The molecule has 2 atom stereocenters. The molecule has 3 rings (SSSR count). The molecule has 0 saturated carbocycles. The molecular weight excluding hydrogens is 518 g/mol. The molecule has 0 unspecified atom stereocenters. The fraction of sp³-hybridized carbons (Fsp3) is 0.344. The highest BCUT2D eigenvalue weighted by atomic mass is 28.3. The summed E-state index contributed by atoms with van der Waals surface area (Å²) >= 11 is 0. The first-order valence-corrected chi connectivity index (χ1v) is 17.2. The van der Waals surface area contributed by atoms with Crippen molar-refractivity contribution in [1.82, 2.24) is 0 Å². The maximum atomic E-state index is 13.7. The zero-order valence-electron chi connectivity index (χ0n) is 24.0. The topological polar surface area (TPSA) is 106 Å². The van der Waals surface area contributed by atoms with Crippen LogP contribution in [-0.4, -0.2) is 39.2 Å². The highest BCUT2D eigenvalue weighted by Crippen LogP contribution is 2.37. The SMILES string of the molecule is Cc1cccc([C@](C#N)(Cc2cccc(OCC(=O)OCC[Si](C)(C)C)c2)N(C(=O)[C@H](C)N)c2ccccc2)c1. The summed E-state index contributed by atoms with van der Waals surface area (Å²) in [5, 5.41) is 10.9. The molecule has 40 heavy (non-hydrogen) atoms. The van der Waals surface area contributed by atoms with E-state index in [1.165, 1.54) is 4.90 Å². The van der Waals surface area contributed by atoms with Gasteiger partial charge in [0.1, 0.15) is 5.75 Å². The van der Waals surface area contributed by atoms with Crippen LogP contribution in [0.1, 0.15) is 23.6 Å². The van der Waals surface area contributed by atoms with Crippen molar-refractivity contribution in [1.29, 1.82) is 5.26 Å². The van der Waals surface area contributed by atoms with Crippen molar-refractivity contribution in [3.63, 3.8) is 0 Å². The predicted molar refractivity (Wildman–Crippen MR) is 161 cm³/mol. The summed E-state index contributed by atoms with van der Waals surface area (Å²) in [6.45, 7) is 10.4. The minimum atomic E-state index is -1.41. The zero-order chi connectivity index (χ0) is 29.3. The van der Waals surface area contributed by atoms with Gasteiger partial charge < -0.3 is 15.2 Å². The first kappa shape index (κ1) is 30.6. The predicted octanol–water partition coefficient (Wildman–Crippen LogP) is 5.60. The highest BCUT2D eigenvalue weighted by molar-refractivity contribution is 6.76. The molecule has 8 heteroatoms. The molecule has 2 N–H and O–H groups in total. The van der Waals surface area contributed by atoms with Crippen LogP contribution >= 0.6 is 0 Å². The van der Waals surface area contributed by atoms with Crippen LogP contribution in [0.3, 0.4) is 0 Å². The number of amides is 1. The van der Waals surface area contributed by atoms with Gasteiger partial charge in [0, 0.05) is 20.2 Å². The minimum Gasteiger partial charge on any atom is -0.482 e. The van der Waals surface area contributed by atoms with Gasteiger partial charge in [0.05, 0.1) is 18.7 Å². The van der Waals surface area contributed by atoms with Gasteiger partial charge in [-0.25, -0.2) is 4.79 Å². The number of hydrogen-bond acceptors (Lipinski definition) is 6. The molecule has 0 spiro atoms. The number of nitrogens with two attached hydrogens (primary N) is 1. The first-order valence-electron chi connectivity index (χ1n) is 13.5. The van der Waals surface area contributed by atoms with Gasteiger partial charge in [-0.2, -0.15) is 5.26 Å². The Hall–Kier alpha value is -3.93. The Labute approximate surface area is 238 Å². The summed E-state index contributed by atoms with van der Waals surface area (Å²) in [6.07, 6.45) is 0.165. The first-order chi connectivity index (χ1) is 18.9. The molecule has 0 saturated heterocycles. The summed E-state index contributed by atoms with van der Waals surface area (Å²) in [5.41, 5.74) is 7.66. The van der Waals surface area contributed by atoms with E-state index in [1.807, 2.05) is 55.5 Å². The Balaban J connectivity index is 1.97. The number of para-hydroxylation sites is 1.